The smallest absolute Gasteiger partial charge is 0.246 e. The zero-order valence-electron chi connectivity index (χ0n) is 18.5. The Bertz CT molecular complexity index is 1090. The van der Waals surface area contributed by atoms with Crippen LogP contribution in [0.5, 0.6) is 0 Å². The molecular weight excluding hydrogens is 566 g/mol. The molecule has 0 spiro atoms. The third-order valence-corrected chi connectivity index (χ3v) is 8.62. The normalized spacial score (nSPS) is 21.2. The largest absolute Gasteiger partial charge is 0.339 e. The number of pyridine rings is 1. The van der Waals surface area contributed by atoms with Crippen molar-refractivity contribution in [2.75, 3.05) is 26.2 Å². The maximum atomic E-state index is 12.9. The van der Waals surface area contributed by atoms with Crippen molar-refractivity contribution in [2.24, 2.45) is 5.92 Å². The molecule has 0 unspecified atom stereocenters. The van der Waals surface area contributed by atoms with Gasteiger partial charge in [-0.1, -0.05) is 33.1 Å². The van der Waals surface area contributed by atoms with Gasteiger partial charge in [0.2, 0.25) is 5.91 Å². The fraction of sp³-hybridized carbons (Fsp3) is 0.462. The fourth-order valence-corrected chi connectivity index (χ4v) is 7.14. The standard InChI is InChI=1S/C26H28Br2ClN3O/c27-20-12-19-2-1-18-13-21(29)14-22(28)24(18)25(26(19)31-15-20)17-5-9-32(10-6-17)23(33)11-16-3-7-30-8-4-16/h11-15,17,25,30H,1-10H2/t25-/m1/s1. The minimum absolute atomic E-state index is 0.182. The quantitative estimate of drug-likeness (QED) is 0.432. The van der Waals surface area contributed by atoms with E-state index in [1.807, 2.05) is 23.2 Å². The van der Waals surface area contributed by atoms with Gasteiger partial charge in [-0.15, -0.1) is 0 Å². The first-order valence-electron chi connectivity index (χ1n) is 11.8. The first-order chi connectivity index (χ1) is 16.0. The number of nitrogens with one attached hydrogen (secondary N) is 1. The Kier molecular flexibility index (Phi) is 7.26. The summed E-state index contributed by atoms with van der Waals surface area (Å²) in [6.07, 6.45) is 9.65. The van der Waals surface area contributed by atoms with Gasteiger partial charge in [-0.2, -0.15) is 0 Å². The molecule has 1 aromatic carbocycles. The number of amides is 1. The topological polar surface area (TPSA) is 45.2 Å². The van der Waals surface area contributed by atoms with E-state index < -0.39 is 0 Å². The number of carbonyl (C=O) groups excluding carboxylic acids is 1. The van der Waals surface area contributed by atoms with E-state index in [9.17, 15) is 4.79 Å². The second-order valence-corrected chi connectivity index (χ2v) is 11.6. The van der Waals surface area contributed by atoms with Crippen LogP contribution in [0.1, 0.15) is 54.0 Å². The highest BCUT2D eigenvalue weighted by Gasteiger charge is 2.36. The fourth-order valence-electron chi connectivity index (χ4n) is 5.64. The number of carbonyl (C=O) groups is 1. The van der Waals surface area contributed by atoms with Crippen LogP contribution in [0.25, 0.3) is 0 Å². The Labute approximate surface area is 217 Å². The summed E-state index contributed by atoms with van der Waals surface area (Å²) in [4.78, 5) is 19.9. The van der Waals surface area contributed by atoms with E-state index in [0.29, 0.717) is 5.92 Å². The number of nitrogens with zero attached hydrogens (tertiary/aromatic N) is 2. The van der Waals surface area contributed by atoms with Crippen molar-refractivity contribution in [3.8, 4) is 0 Å². The predicted molar refractivity (Wildman–Crippen MR) is 140 cm³/mol. The molecule has 1 N–H and O–H groups in total. The molecule has 0 saturated carbocycles. The molecule has 2 aromatic rings. The summed E-state index contributed by atoms with van der Waals surface area (Å²) >= 11 is 13.9. The molecule has 1 aliphatic carbocycles. The molecule has 3 heterocycles. The van der Waals surface area contributed by atoms with Crippen molar-refractivity contribution in [3.05, 3.63) is 72.4 Å². The van der Waals surface area contributed by atoms with Gasteiger partial charge in [0.25, 0.3) is 0 Å². The van der Waals surface area contributed by atoms with E-state index in [2.05, 4.69) is 49.3 Å². The summed E-state index contributed by atoms with van der Waals surface area (Å²) in [7, 11) is 0. The number of halogens is 3. The highest BCUT2D eigenvalue weighted by atomic mass is 79.9. The number of likely N-dealkylation sites (tertiary alicyclic amines) is 1. The van der Waals surface area contributed by atoms with Gasteiger partial charge in [0.05, 0.1) is 5.69 Å². The summed E-state index contributed by atoms with van der Waals surface area (Å²) in [5.41, 5.74) is 6.41. The van der Waals surface area contributed by atoms with Crippen LogP contribution in [-0.2, 0) is 17.6 Å². The van der Waals surface area contributed by atoms with Crippen molar-refractivity contribution in [2.45, 2.75) is 44.4 Å². The Morgan fingerprint density at radius 3 is 2.55 bits per heavy atom. The van der Waals surface area contributed by atoms with Crippen molar-refractivity contribution in [3.63, 3.8) is 0 Å². The van der Waals surface area contributed by atoms with Crippen molar-refractivity contribution < 1.29 is 4.79 Å². The Hall–Kier alpha value is -1.21. The van der Waals surface area contributed by atoms with Gasteiger partial charge in [0, 0.05) is 45.2 Å². The second-order valence-electron chi connectivity index (χ2n) is 9.35. The van der Waals surface area contributed by atoms with E-state index >= 15 is 0 Å². The molecule has 2 saturated heterocycles. The maximum Gasteiger partial charge on any atom is 0.246 e. The number of aromatic nitrogens is 1. The lowest BCUT2D eigenvalue weighted by molar-refractivity contribution is -0.127. The molecule has 0 radical (unpaired) electrons. The molecular formula is C26H28Br2ClN3O. The third-order valence-electron chi connectivity index (χ3n) is 7.31. The molecule has 1 atom stereocenters. The van der Waals surface area contributed by atoms with Crippen LogP contribution in [0.2, 0.25) is 5.02 Å². The molecule has 1 aromatic heterocycles. The van der Waals surface area contributed by atoms with Crippen LogP contribution < -0.4 is 5.32 Å². The van der Waals surface area contributed by atoms with Crippen LogP contribution in [-0.4, -0.2) is 42.0 Å². The summed E-state index contributed by atoms with van der Waals surface area (Å²) < 4.78 is 2.09. The number of fused-ring (bicyclic) bond motifs is 2. The SMILES string of the molecule is O=C(C=C1CCNCC1)N1CCC([C@H]2c3ncc(Br)cc3CCc3cc(Cl)cc(Br)c32)CC1. The number of benzene rings is 1. The van der Waals surface area contributed by atoms with Crippen molar-refractivity contribution in [1.29, 1.82) is 0 Å². The zero-order valence-corrected chi connectivity index (χ0v) is 22.5. The lowest BCUT2D eigenvalue weighted by atomic mass is 9.76. The van der Waals surface area contributed by atoms with Crippen LogP contribution in [0, 0.1) is 5.92 Å². The van der Waals surface area contributed by atoms with E-state index in [0.717, 1.165) is 78.7 Å². The average molecular weight is 594 g/mol. The van der Waals surface area contributed by atoms with E-state index in [-0.39, 0.29) is 11.8 Å². The van der Waals surface area contributed by atoms with Crippen molar-refractivity contribution in [1.82, 2.24) is 15.2 Å². The minimum atomic E-state index is 0.182. The van der Waals surface area contributed by atoms with Crippen LogP contribution in [0.4, 0.5) is 0 Å². The van der Waals surface area contributed by atoms with Gasteiger partial charge in [-0.25, -0.2) is 0 Å². The molecule has 4 nitrogen and oxygen atoms in total. The highest BCUT2D eigenvalue weighted by molar-refractivity contribution is 9.10. The van der Waals surface area contributed by atoms with Gasteiger partial charge < -0.3 is 10.2 Å². The van der Waals surface area contributed by atoms with Gasteiger partial charge in [0.15, 0.2) is 0 Å². The summed E-state index contributed by atoms with van der Waals surface area (Å²) in [6.45, 7) is 3.55. The molecule has 5 rings (SSSR count). The molecule has 2 fully saturated rings. The van der Waals surface area contributed by atoms with Crippen LogP contribution in [0.3, 0.4) is 0 Å². The lowest BCUT2D eigenvalue weighted by Gasteiger charge is -2.37. The van der Waals surface area contributed by atoms with Gasteiger partial charge in [-0.3, -0.25) is 9.78 Å². The average Bonchev–Trinajstić information content (AvgIpc) is 2.96. The summed E-state index contributed by atoms with van der Waals surface area (Å²) in [6, 6.07) is 6.36. The molecule has 1 amide bonds. The second kappa shape index (κ2) is 10.2. The Balaban J connectivity index is 1.42. The molecule has 2 aliphatic heterocycles. The summed E-state index contributed by atoms with van der Waals surface area (Å²) in [5.74, 6) is 0.821. The van der Waals surface area contributed by atoms with E-state index in [1.165, 1.54) is 28.0 Å². The number of piperidine rings is 2. The third kappa shape index (κ3) is 5.09. The summed E-state index contributed by atoms with van der Waals surface area (Å²) in [5, 5.41) is 4.13. The molecule has 33 heavy (non-hydrogen) atoms. The van der Waals surface area contributed by atoms with Crippen LogP contribution >= 0.6 is 43.5 Å². The molecule has 3 aliphatic rings. The molecule has 0 bridgehead atoms. The van der Waals surface area contributed by atoms with Gasteiger partial charge in [-0.05, 0) is 108 Å². The van der Waals surface area contributed by atoms with Crippen molar-refractivity contribution >= 4 is 49.4 Å². The monoisotopic (exact) mass is 591 g/mol. The minimum Gasteiger partial charge on any atom is -0.339 e. The Morgan fingerprint density at radius 1 is 1.06 bits per heavy atom. The predicted octanol–water partition coefficient (Wildman–Crippen LogP) is 6.04. The van der Waals surface area contributed by atoms with E-state index in [1.54, 1.807) is 0 Å². The highest BCUT2D eigenvalue weighted by Crippen LogP contribution is 2.46. The maximum absolute atomic E-state index is 12.9. The molecule has 7 heteroatoms. The first kappa shape index (κ1) is 23.5. The first-order valence-corrected chi connectivity index (χ1v) is 13.8. The lowest BCUT2D eigenvalue weighted by Crippen LogP contribution is -2.39. The van der Waals surface area contributed by atoms with E-state index in [4.69, 9.17) is 16.6 Å². The van der Waals surface area contributed by atoms with Crippen LogP contribution in [0.15, 0.2) is 45.0 Å². The van der Waals surface area contributed by atoms with Gasteiger partial charge in [0.1, 0.15) is 0 Å². The Morgan fingerprint density at radius 2 is 1.79 bits per heavy atom. The number of hydrogen-bond acceptors (Lipinski definition) is 3. The number of rotatable bonds is 2. The molecule has 174 valence electrons. The van der Waals surface area contributed by atoms with Gasteiger partial charge >= 0.3 is 0 Å². The zero-order chi connectivity index (χ0) is 22.9. The number of aryl methyl sites for hydroxylation is 2. The number of hydrogen-bond donors (Lipinski definition) is 1.